The lowest BCUT2D eigenvalue weighted by atomic mass is 10.1. The van der Waals surface area contributed by atoms with E-state index < -0.39 is 32.6 Å². The van der Waals surface area contributed by atoms with E-state index in [0.717, 1.165) is 4.57 Å². The zero-order valence-corrected chi connectivity index (χ0v) is 25.4. The van der Waals surface area contributed by atoms with E-state index in [2.05, 4.69) is 10.3 Å². The Morgan fingerprint density at radius 3 is 2.26 bits per heavy atom. The van der Waals surface area contributed by atoms with Gasteiger partial charge in [0, 0.05) is 25.7 Å². The minimum Gasteiger partial charge on any atom is -0.338 e. The highest BCUT2D eigenvalue weighted by molar-refractivity contribution is 7.89. The minimum atomic E-state index is -4.03. The molecule has 3 aromatic heterocycles. The number of primary sulfonamides is 1. The molecule has 12 nitrogen and oxygen atoms in total. The molecule has 6 rings (SSSR count). The monoisotopic (exact) mass is 609 g/mol. The first-order chi connectivity index (χ1) is 20.3. The molecule has 226 valence electrons. The van der Waals surface area contributed by atoms with Crippen molar-refractivity contribution in [2.24, 2.45) is 19.2 Å². The van der Waals surface area contributed by atoms with Crippen LogP contribution in [0.25, 0.3) is 27.9 Å². The zero-order valence-electron chi connectivity index (χ0n) is 24.6. The van der Waals surface area contributed by atoms with Gasteiger partial charge in [-0.05, 0) is 62.6 Å². The van der Waals surface area contributed by atoms with Gasteiger partial charge in [-0.3, -0.25) is 18.7 Å². The molecule has 2 aromatic carbocycles. The SMILES string of the molecule is CC.Cc1ccc(Nc2c3c(=O)n(C4CC4)c(=O)n(-c4nc5cc(S(N)(=O)=O)ccc5n4C)c3c(C)c(=O)n2C)c(F)c1. The second-order valence-electron chi connectivity index (χ2n) is 10.4. The number of anilines is 2. The van der Waals surface area contributed by atoms with Gasteiger partial charge in [-0.2, -0.15) is 0 Å². The quantitative estimate of drug-likeness (QED) is 0.310. The molecule has 3 heterocycles. The van der Waals surface area contributed by atoms with Gasteiger partial charge in [0.1, 0.15) is 17.0 Å². The molecule has 0 radical (unpaired) electrons. The third kappa shape index (κ3) is 4.85. The van der Waals surface area contributed by atoms with E-state index in [1.807, 2.05) is 13.8 Å². The molecule has 1 fully saturated rings. The molecular formula is C29H32FN7O5S. The van der Waals surface area contributed by atoms with Crippen molar-refractivity contribution in [3.8, 4) is 5.95 Å². The number of benzene rings is 2. The lowest BCUT2D eigenvalue weighted by molar-refractivity contribution is 0.598. The molecule has 0 spiro atoms. The Morgan fingerprint density at radius 2 is 1.65 bits per heavy atom. The fourth-order valence-electron chi connectivity index (χ4n) is 5.19. The molecule has 1 saturated carbocycles. The smallest absolute Gasteiger partial charge is 0.338 e. The van der Waals surface area contributed by atoms with Crippen molar-refractivity contribution in [1.82, 2.24) is 23.3 Å². The number of aryl methyl sites for hydroxylation is 3. The Kier molecular flexibility index (Phi) is 7.38. The number of imidazole rings is 1. The molecule has 0 bridgehead atoms. The standard InChI is InChI=1S/C27H26FN7O5S.C2H6/c1-13-5-9-18(17(28)11-13)30-23-21-22(14(2)24(36)33(23)4)35(27(38)34(25(21)37)15-6-7-15)26-31-19-12-16(41(29,39)40)8-10-20(19)32(26)3;1-2/h5,8-12,15,30H,6-7H2,1-4H3,(H2,29,39,40);1-2H3. The Hall–Kier alpha value is -4.56. The van der Waals surface area contributed by atoms with Crippen molar-refractivity contribution in [3.05, 3.63) is 84.5 Å². The normalized spacial score (nSPS) is 13.3. The van der Waals surface area contributed by atoms with E-state index in [9.17, 15) is 27.2 Å². The van der Waals surface area contributed by atoms with E-state index in [-0.39, 0.29) is 50.4 Å². The van der Waals surface area contributed by atoms with Gasteiger partial charge in [-0.1, -0.05) is 19.9 Å². The fraction of sp³-hybridized carbons (Fsp3) is 0.310. The summed E-state index contributed by atoms with van der Waals surface area (Å²) in [6.45, 7) is 7.24. The predicted molar refractivity (Wildman–Crippen MR) is 163 cm³/mol. The number of nitrogens with two attached hydrogens (primary N) is 1. The zero-order chi connectivity index (χ0) is 31.5. The molecule has 43 heavy (non-hydrogen) atoms. The van der Waals surface area contributed by atoms with Crippen molar-refractivity contribution >= 4 is 43.5 Å². The van der Waals surface area contributed by atoms with Gasteiger partial charge in [-0.25, -0.2) is 32.3 Å². The highest BCUT2D eigenvalue weighted by atomic mass is 32.2. The molecular weight excluding hydrogens is 577 g/mol. The first-order valence-electron chi connectivity index (χ1n) is 13.7. The number of rotatable bonds is 5. The number of nitrogens with zero attached hydrogens (tertiary/aromatic N) is 5. The maximum absolute atomic E-state index is 14.9. The first kappa shape index (κ1) is 29.9. The van der Waals surface area contributed by atoms with Crippen LogP contribution < -0.4 is 27.3 Å². The molecule has 0 atom stereocenters. The minimum absolute atomic E-state index is 0.00774. The third-order valence-electron chi connectivity index (χ3n) is 7.49. The number of nitrogens with one attached hydrogen (secondary N) is 1. The molecule has 5 aromatic rings. The Morgan fingerprint density at radius 1 is 0.977 bits per heavy atom. The topological polar surface area (TPSA) is 156 Å². The van der Waals surface area contributed by atoms with Crippen molar-refractivity contribution in [2.45, 2.75) is 51.5 Å². The molecule has 3 N–H and O–H groups in total. The molecule has 14 heteroatoms. The van der Waals surface area contributed by atoms with E-state index in [1.165, 1.54) is 53.4 Å². The summed E-state index contributed by atoms with van der Waals surface area (Å²) in [6.07, 6.45) is 1.22. The number of pyridine rings is 1. The lowest BCUT2D eigenvalue weighted by Crippen LogP contribution is -2.42. The van der Waals surface area contributed by atoms with Crippen LogP contribution in [0.15, 0.2) is 55.7 Å². The highest BCUT2D eigenvalue weighted by Crippen LogP contribution is 2.34. The average molecular weight is 610 g/mol. The van der Waals surface area contributed by atoms with Crippen molar-refractivity contribution < 1.29 is 12.8 Å². The van der Waals surface area contributed by atoms with Crippen LogP contribution in [0.2, 0.25) is 0 Å². The van der Waals surface area contributed by atoms with Crippen molar-refractivity contribution in [1.29, 1.82) is 0 Å². The summed E-state index contributed by atoms with van der Waals surface area (Å²) in [4.78, 5) is 45.9. The van der Waals surface area contributed by atoms with Gasteiger partial charge in [0.25, 0.3) is 11.1 Å². The number of halogens is 1. The maximum atomic E-state index is 14.9. The van der Waals surface area contributed by atoms with Crippen LogP contribution in [0, 0.1) is 19.7 Å². The highest BCUT2D eigenvalue weighted by Gasteiger charge is 2.32. The van der Waals surface area contributed by atoms with Crippen LogP contribution in [0.3, 0.4) is 0 Å². The molecule has 1 aliphatic rings. The van der Waals surface area contributed by atoms with Gasteiger partial charge >= 0.3 is 5.69 Å². The van der Waals surface area contributed by atoms with Crippen LogP contribution >= 0.6 is 0 Å². The Bertz CT molecular complexity index is 2240. The number of fused-ring (bicyclic) bond motifs is 2. The number of aromatic nitrogens is 5. The number of hydrogen-bond donors (Lipinski definition) is 2. The second-order valence-corrected chi connectivity index (χ2v) is 11.9. The third-order valence-corrected chi connectivity index (χ3v) is 8.40. The molecule has 0 unspecified atom stereocenters. The summed E-state index contributed by atoms with van der Waals surface area (Å²) in [5, 5.41) is 8.23. The summed E-state index contributed by atoms with van der Waals surface area (Å²) < 4.78 is 43.9. The van der Waals surface area contributed by atoms with E-state index in [4.69, 9.17) is 5.14 Å². The van der Waals surface area contributed by atoms with Crippen molar-refractivity contribution in [2.75, 3.05) is 5.32 Å². The van der Waals surface area contributed by atoms with E-state index in [0.29, 0.717) is 23.9 Å². The van der Waals surface area contributed by atoms with Crippen LogP contribution in [0.4, 0.5) is 15.9 Å². The summed E-state index contributed by atoms with van der Waals surface area (Å²) >= 11 is 0. The summed E-state index contributed by atoms with van der Waals surface area (Å²) in [5.74, 6) is -0.510. The molecule has 1 aliphatic carbocycles. The maximum Gasteiger partial charge on any atom is 0.338 e. The van der Waals surface area contributed by atoms with Gasteiger partial charge in [-0.15, -0.1) is 0 Å². The van der Waals surface area contributed by atoms with Gasteiger partial charge in [0.15, 0.2) is 0 Å². The van der Waals surface area contributed by atoms with Crippen LogP contribution in [-0.2, 0) is 24.1 Å². The lowest BCUT2D eigenvalue weighted by Gasteiger charge is -2.20. The molecule has 0 saturated heterocycles. The van der Waals surface area contributed by atoms with Gasteiger partial charge < -0.3 is 9.88 Å². The summed E-state index contributed by atoms with van der Waals surface area (Å²) in [5.41, 5.74) is -0.256. The summed E-state index contributed by atoms with van der Waals surface area (Å²) in [7, 11) is -0.936. The number of sulfonamides is 1. The van der Waals surface area contributed by atoms with Crippen LogP contribution in [0.5, 0.6) is 0 Å². The fourth-order valence-corrected chi connectivity index (χ4v) is 5.73. The largest absolute Gasteiger partial charge is 0.338 e. The van der Waals surface area contributed by atoms with E-state index in [1.54, 1.807) is 24.6 Å². The molecule has 0 amide bonds. The summed E-state index contributed by atoms with van der Waals surface area (Å²) in [6, 6.07) is 8.29. The predicted octanol–water partition coefficient (Wildman–Crippen LogP) is 3.25. The number of hydrogen-bond acceptors (Lipinski definition) is 7. The Balaban J connectivity index is 0.00000180. The van der Waals surface area contributed by atoms with Gasteiger partial charge in [0.05, 0.1) is 27.1 Å². The second kappa shape index (κ2) is 10.6. The van der Waals surface area contributed by atoms with E-state index >= 15 is 0 Å². The van der Waals surface area contributed by atoms with Crippen molar-refractivity contribution in [3.63, 3.8) is 0 Å². The van der Waals surface area contributed by atoms with Gasteiger partial charge in [0.2, 0.25) is 16.0 Å². The average Bonchev–Trinajstić information content (AvgIpc) is 3.74. The van der Waals surface area contributed by atoms with Crippen LogP contribution in [0.1, 0.15) is 43.9 Å². The van der Waals surface area contributed by atoms with Crippen LogP contribution in [-0.4, -0.2) is 31.7 Å². The first-order valence-corrected chi connectivity index (χ1v) is 15.3. The Labute approximate surface area is 245 Å². The molecule has 0 aliphatic heterocycles.